The number of allylic oxidation sites excluding steroid dienone is 4. The third kappa shape index (κ3) is 6.06. The van der Waals surface area contributed by atoms with E-state index in [0.717, 1.165) is 24.2 Å². The number of hydrogen-bond donors (Lipinski definition) is 0. The number of hydrogen-bond acceptors (Lipinski definition) is 0. The number of nitrogens with zero attached hydrogens (tertiary/aromatic N) is 2. The predicted molar refractivity (Wildman–Crippen MR) is 249 cm³/mol. The van der Waals surface area contributed by atoms with Crippen molar-refractivity contribution in [3.63, 3.8) is 0 Å². The average molecular weight is 745 g/mol. The molecule has 2 heteroatoms. The monoisotopic (exact) mass is 744 g/mol. The van der Waals surface area contributed by atoms with Gasteiger partial charge in [0.15, 0.2) is 0 Å². The molecule has 0 saturated carbocycles. The maximum absolute atomic E-state index is 2.44. The summed E-state index contributed by atoms with van der Waals surface area (Å²) in [6, 6.07) is 68.9. The molecule has 10 aromatic rings. The quantitative estimate of drug-likeness (QED) is 0.160. The second-order valence-corrected chi connectivity index (χ2v) is 14.8. The van der Waals surface area contributed by atoms with E-state index < -0.39 is 0 Å². The van der Waals surface area contributed by atoms with Crippen LogP contribution in [-0.2, 0) is 0 Å². The van der Waals surface area contributed by atoms with E-state index in [-0.39, 0.29) is 0 Å². The van der Waals surface area contributed by atoms with Gasteiger partial charge >= 0.3 is 0 Å². The SMILES string of the molecule is C1=CC(c2cccc(-c3ccc(-n4c5ccccc5c5c6c7ccccc7n(-c7cccc(-c8ccc(-c9ccccc9)cc8)c7)c6ccc54)cc3)c2)=CCC1.CC. The van der Waals surface area contributed by atoms with E-state index in [9.17, 15) is 0 Å². The van der Waals surface area contributed by atoms with Crippen molar-refractivity contribution in [1.82, 2.24) is 9.13 Å². The Hall–Kier alpha value is -7.16. The molecular formula is C56H44N2. The van der Waals surface area contributed by atoms with Gasteiger partial charge in [-0.15, -0.1) is 0 Å². The molecule has 58 heavy (non-hydrogen) atoms. The van der Waals surface area contributed by atoms with Crippen LogP contribution >= 0.6 is 0 Å². The first-order valence-electron chi connectivity index (χ1n) is 20.6. The summed E-state index contributed by atoms with van der Waals surface area (Å²) < 4.78 is 4.88. The highest BCUT2D eigenvalue weighted by molar-refractivity contribution is 6.28. The Kier molecular flexibility index (Phi) is 9.16. The molecule has 0 unspecified atom stereocenters. The Balaban J connectivity index is 0.00000201. The molecule has 0 saturated heterocycles. The van der Waals surface area contributed by atoms with Crippen LogP contribution in [0.4, 0.5) is 0 Å². The molecule has 278 valence electrons. The normalized spacial score (nSPS) is 12.6. The number of rotatable bonds is 6. The van der Waals surface area contributed by atoms with E-state index in [1.807, 2.05) is 13.8 Å². The highest BCUT2D eigenvalue weighted by atomic mass is 15.0. The number of aromatic nitrogens is 2. The molecular weight excluding hydrogens is 701 g/mol. The van der Waals surface area contributed by atoms with Gasteiger partial charge in [0.2, 0.25) is 0 Å². The van der Waals surface area contributed by atoms with Crippen molar-refractivity contribution in [2.24, 2.45) is 0 Å². The van der Waals surface area contributed by atoms with Gasteiger partial charge in [-0.1, -0.05) is 166 Å². The first kappa shape index (κ1) is 35.3. The van der Waals surface area contributed by atoms with Crippen molar-refractivity contribution >= 4 is 49.2 Å². The second-order valence-electron chi connectivity index (χ2n) is 14.8. The van der Waals surface area contributed by atoms with E-state index in [1.54, 1.807) is 0 Å². The van der Waals surface area contributed by atoms with Crippen molar-refractivity contribution in [1.29, 1.82) is 0 Å². The molecule has 0 N–H and O–H groups in total. The highest BCUT2D eigenvalue weighted by Gasteiger charge is 2.20. The van der Waals surface area contributed by atoms with Gasteiger partial charge in [0.1, 0.15) is 0 Å². The molecule has 0 radical (unpaired) electrons. The minimum absolute atomic E-state index is 1.11. The number of para-hydroxylation sites is 2. The Morgan fingerprint density at radius 3 is 1.45 bits per heavy atom. The van der Waals surface area contributed by atoms with Gasteiger partial charge in [-0.25, -0.2) is 0 Å². The Morgan fingerprint density at radius 1 is 0.345 bits per heavy atom. The number of benzene rings is 8. The van der Waals surface area contributed by atoms with Crippen LogP contribution in [0.2, 0.25) is 0 Å². The minimum atomic E-state index is 1.11. The molecule has 1 aliphatic carbocycles. The van der Waals surface area contributed by atoms with E-state index >= 15 is 0 Å². The van der Waals surface area contributed by atoms with Crippen molar-refractivity contribution in [3.05, 3.63) is 212 Å². The lowest BCUT2D eigenvalue weighted by molar-refractivity contribution is 1.04. The van der Waals surface area contributed by atoms with Gasteiger partial charge in [-0.3, -0.25) is 0 Å². The van der Waals surface area contributed by atoms with E-state index in [2.05, 4.69) is 215 Å². The van der Waals surface area contributed by atoms with E-state index in [4.69, 9.17) is 0 Å². The van der Waals surface area contributed by atoms with Crippen molar-refractivity contribution in [2.45, 2.75) is 26.7 Å². The molecule has 0 fully saturated rings. The molecule has 2 aromatic heterocycles. The molecule has 0 bridgehead atoms. The van der Waals surface area contributed by atoms with Crippen molar-refractivity contribution < 1.29 is 0 Å². The lowest BCUT2D eigenvalue weighted by atomic mass is 9.96. The Labute approximate surface area is 340 Å². The van der Waals surface area contributed by atoms with E-state index in [1.165, 1.54) is 88.1 Å². The fourth-order valence-corrected chi connectivity index (χ4v) is 8.89. The standard InChI is InChI=1S/C54H38N2.C2H6/c1-3-13-37(14-4-1)39-25-27-40(28-26-39)44-19-12-20-46(36-44)56-50-24-10-8-22-48(50)54-52(56)34-33-51-53(54)47-21-7-9-23-49(47)55(51)45-31-29-41(30-32-45)43-18-11-17-42(35-43)38-15-5-2-6-16-38;1-2/h1,3-5,7-36H,2,6H2;1-2H3. The van der Waals surface area contributed by atoms with E-state index in [0.29, 0.717) is 0 Å². The van der Waals surface area contributed by atoms with Crippen LogP contribution in [0.3, 0.4) is 0 Å². The minimum Gasteiger partial charge on any atom is -0.309 e. The van der Waals surface area contributed by atoms with Crippen LogP contribution in [0.25, 0.3) is 93.9 Å². The zero-order chi connectivity index (χ0) is 39.0. The molecule has 8 aromatic carbocycles. The maximum Gasteiger partial charge on any atom is 0.0548 e. The Bertz CT molecular complexity index is 3150. The second kappa shape index (κ2) is 15.1. The molecule has 0 spiro atoms. The summed E-state index contributed by atoms with van der Waals surface area (Å²) in [5.41, 5.74) is 17.0. The Morgan fingerprint density at radius 2 is 0.828 bits per heavy atom. The third-order valence-corrected chi connectivity index (χ3v) is 11.6. The lowest BCUT2D eigenvalue weighted by Crippen LogP contribution is -1.95. The topological polar surface area (TPSA) is 9.86 Å². The molecule has 0 amide bonds. The summed E-state index contributed by atoms with van der Waals surface area (Å²) in [6.07, 6.45) is 9.11. The van der Waals surface area contributed by atoms with Crippen LogP contribution in [0, 0.1) is 0 Å². The summed E-state index contributed by atoms with van der Waals surface area (Å²) >= 11 is 0. The summed E-state index contributed by atoms with van der Waals surface area (Å²) in [5.74, 6) is 0. The zero-order valence-corrected chi connectivity index (χ0v) is 32.9. The van der Waals surface area contributed by atoms with Crippen LogP contribution in [0.15, 0.2) is 206 Å². The average Bonchev–Trinajstić information content (AvgIpc) is 3.83. The number of fused-ring (bicyclic) bond motifs is 7. The molecule has 11 rings (SSSR count). The van der Waals surface area contributed by atoms with Crippen molar-refractivity contribution in [2.75, 3.05) is 0 Å². The first-order chi connectivity index (χ1) is 28.8. The molecule has 2 nitrogen and oxygen atoms in total. The highest BCUT2D eigenvalue weighted by Crippen LogP contribution is 2.43. The van der Waals surface area contributed by atoms with Gasteiger partial charge in [0, 0.05) is 32.9 Å². The van der Waals surface area contributed by atoms with Crippen LogP contribution in [0.1, 0.15) is 32.3 Å². The van der Waals surface area contributed by atoms with Crippen LogP contribution in [-0.4, -0.2) is 9.13 Å². The molecule has 2 heterocycles. The summed E-state index contributed by atoms with van der Waals surface area (Å²) in [4.78, 5) is 0. The largest absolute Gasteiger partial charge is 0.309 e. The third-order valence-electron chi connectivity index (χ3n) is 11.6. The van der Waals surface area contributed by atoms with Gasteiger partial charge in [-0.2, -0.15) is 0 Å². The fourth-order valence-electron chi connectivity index (χ4n) is 8.89. The first-order valence-corrected chi connectivity index (χ1v) is 20.6. The summed E-state index contributed by atoms with van der Waals surface area (Å²) in [6.45, 7) is 4.00. The molecule has 1 aliphatic rings. The smallest absolute Gasteiger partial charge is 0.0548 e. The van der Waals surface area contributed by atoms with Gasteiger partial charge in [0.05, 0.1) is 22.1 Å². The lowest BCUT2D eigenvalue weighted by Gasteiger charge is -2.12. The zero-order valence-electron chi connectivity index (χ0n) is 32.9. The van der Waals surface area contributed by atoms with Crippen LogP contribution in [0.5, 0.6) is 0 Å². The predicted octanol–water partition coefficient (Wildman–Crippen LogP) is 15.6. The van der Waals surface area contributed by atoms with Crippen molar-refractivity contribution in [3.8, 4) is 44.8 Å². The van der Waals surface area contributed by atoms with Crippen LogP contribution < -0.4 is 0 Å². The van der Waals surface area contributed by atoms with Gasteiger partial charge in [-0.05, 0) is 112 Å². The molecule has 0 aliphatic heterocycles. The summed E-state index contributed by atoms with van der Waals surface area (Å²) in [5, 5.41) is 5.08. The van der Waals surface area contributed by atoms with Gasteiger partial charge in [0.25, 0.3) is 0 Å². The fraction of sp³-hybridized carbons (Fsp3) is 0.0714. The van der Waals surface area contributed by atoms with Gasteiger partial charge < -0.3 is 9.13 Å². The summed E-state index contributed by atoms with van der Waals surface area (Å²) in [7, 11) is 0. The maximum atomic E-state index is 2.44. The molecule has 0 atom stereocenters.